The number of hydrogen-bond donors (Lipinski definition) is 2. The summed E-state index contributed by atoms with van der Waals surface area (Å²) >= 11 is 0. The summed E-state index contributed by atoms with van der Waals surface area (Å²) in [6, 6.07) is 4.84. The minimum Gasteiger partial charge on any atom is -0.396 e. The van der Waals surface area contributed by atoms with Gasteiger partial charge in [-0.05, 0) is 38.3 Å². The molecular formula is C14H22FNO2. The topological polar surface area (TPSA) is 43.7 Å². The van der Waals surface area contributed by atoms with Crippen LogP contribution in [0.25, 0.3) is 0 Å². The van der Waals surface area contributed by atoms with Gasteiger partial charge in [-0.2, -0.15) is 0 Å². The molecule has 0 heterocycles. The summed E-state index contributed by atoms with van der Waals surface area (Å²) in [5, 5.41) is 18.3. The first-order valence-corrected chi connectivity index (χ1v) is 6.36. The molecule has 0 saturated carbocycles. The Morgan fingerprint density at radius 2 is 2.00 bits per heavy atom. The Morgan fingerprint density at radius 1 is 1.28 bits per heavy atom. The molecule has 0 radical (unpaired) electrons. The minimum atomic E-state index is -0.818. The summed E-state index contributed by atoms with van der Waals surface area (Å²) in [6.07, 6.45) is 1.86. The molecule has 0 saturated heterocycles. The molecule has 0 aliphatic carbocycles. The Bertz CT molecular complexity index is 369. The van der Waals surface area contributed by atoms with Crippen molar-refractivity contribution in [2.24, 2.45) is 0 Å². The highest BCUT2D eigenvalue weighted by Gasteiger charge is 2.15. The Kier molecular flexibility index (Phi) is 6.09. The largest absolute Gasteiger partial charge is 0.396 e. The quantitative estimate of drug-likeness (QED) is 0.736. The van der Waals surface area contributed by atoms with Crippen molar-refractivity contribution in [1.82, 2.24) is 0 Å². The Balaban J connectivity index is 2.72. The third-order valence-electron chi connectivity index (χ3n) is 3.01. The van der Waals surface area contributed by atoms with Crippen LogP contribution in [0.15, 0.2) is 18.2 Å². The van der Waals surface area contributed by atoms with Gasteiger partial charge >= 0.3 is 0 Å². The van der Waals surface area contributed by atoms with Gasteiger partial charge in [0.25, 0.3) is 0 Å². The Hall–Kier alpha value is -1.13. The fourth-order valence-corrected chi connectivity index (χ4v) is 2.03. The van der Waals surface area contributed by atoms with Crippen molar-refractivity contribution in [1.29, 1.82) is 0 Å². The molecule has 0 bridgehead atoms. The van der Waals surface area contributed by atoms with E-state index >= 15 is 0 Å². The average Bonchev–Trinajstić information content (AvgIpc) is 2.33. The Labute approximate surface area is 108 Å². The molecule has 1 aromatic rings. The predicted octanol–water partition coefficient (Wildman–Crippen LogP) is 2.48. The van der Waals surface area contributed by atoms with E-state index in [1.807, 2.05) is 18.0 Å². The van der Waals surface area contributed by atoms with Crippen LogP contribution in [0.5, 0.6) is 0 Å². The number of hydrogen-bond acceptors (Lipinski definition) is 3. The van der Waals surface area contributed by atoms with Crippen molar-refractivity contribution in [2.45, 2.75) is 32.3 Å². The van der Waals surface area contributed by atoms with E-state index in [4.69, 9.17) is 5.11 Å². The zero-order chi connectivity index (χ0) is 13.5. The number of halogens is 1. The number of rotatable bonds is 7. The predicted molar refractivity (Wildman–Crippen MR) is 71.2 cm³/mol. The van der Waals surface area contributed by atoms with Gasteiger partial charge in [-0.1, -0.05) is 6.07 Å². The number of nitrogens with zero attached hydrogens (tertiary/aromatic N) is 1. The van der Waals surface area contributed by atoms with Crippen LogP contribution in [-0.2, 0) is 0 Å². The zero-order valence-corrected chi connectivity index (χ0v) is 11.1. The van der Waals surface area contributed by atoms with Crippen molar-refractivity contribution in [2.75, 3.05) is 25.1 Å². The molecule has 0 spiro atoms. The van der Waals surface area contributed by atoms with Gasteiger partial charge in [0.15, 0.2) is 0 Å². The van der Waals surface area contributed by atoms with Crippen LogP contribution in [0.2, 0.25) is 0 Å². The van der Waals surface area contributed by atoms with Gasteiger partial charge in [0.1, 0.15) is 5.82 Å². The van der Waals surface area contributed by atoms with Gasteiger partial charge in [-0.25, -0.2) is 4.39 Å². The molecule has 1 aromatic carbocycles. The van der Waals surface area contributed by atoms with Crippen molar-refractivity contribution < 1.29 is 14.6 Å². The summed E-state index contributed by atoms with van der Waals surface area (Å²) in [5.41, 5.74) is 1.08. The fraction of sp³-hybridized carbons (Fsp3) is 0.571. The molecule has 2 N–H and O–H groups in total. The van der Waals surface area contributed by atoms with Crippen molar-refractivity contribution >= 4 is 5.69 Å². The monoisotopic (exact) mass is 255 g/mol. The van der Waals surface area contributed by atoms with Gasteiger partial charge in [-0.15, -0.1) is 0 Å². The lowest BCUT2D eigenvalue weighted by atomic mass is 10.1. The molecular weight excluding hydrogens is 233 g/mol. The zero-order valence-electron chi connectivity index (χ0n) is 11.1. The highest BCUT2D eigenvalue weighted by Crippen LogP contribution is 2.28. The van der Waals surface area contributed by atoms with Gasteiger partial charge in [-0.3, -0.25) is 0 Å². The van der Waals surface area contributed by atoms with E-state index in [2.05, 4.69) is 0 Å². The number of unbranched alkanes of at least 4 members (excludes halogenated alkanes) is 2. The molecule has 0 fully saturated rings. The number of anilines is 1. The van der Waals surface area contributed by atoms with E-state index in [1.165, 1.54) is 6.07 Å². The molecule has 0 unspecified atom stereocenters. The molecule has 0 aliphatic rings. The number of benzene rings is 1. The molecule has 18 heavy (non-hydrogen) atoms. The first kappa shape index (κ1) is 14.9. The highest BCUT2D eigenvalue weighted by molar-refractivity contribution is 5.54. The second-order valence-electron chi connectivity index (χ2n) is 4.55. The van der Waals surface area contributed by atoms with Crippen LogP contribution in [0.1, 0.15) is 37.9 Å². The third kappa shape index (κ3) is 3.96. The van der Waals surface area contributed by atoms with Gasteiger partial charge in [0, 0.05) is 31.5 Å². The summed E-state index contributed by atoms with van der Waals surface area (Å²) in [7, 11) is 1.89. The molecule has 0 amide bonds. The van der Waals surface area contributed by atoms with Crippen LogP contribution >= 0.6 is 0 Å². The van der Waals surface area contributed by atoms with E-state index < -0.39 is 6.10 Å². The standard InChI is InChI=1S/C14H22FNO2/c1-11(18)14-12(15)7-6-8-13(14)16(2)9-4-3-5-10-17/h6-8,11,17-18H,3-5,9-10H2,1-2H3/t11-/m0/s1. The molecule has 1 atom stereocenters. The summed E-state index contributed by atoms with van der Waals surface area (Å²) in [5.74, 6) is -0.371. The summed E-state index contributed by atoms with van der Waals surface area (Å²) in [6.45, 7) is 2.56. The summed E-state index contributed by atoms with van der Waals surface area (Å²) in [4.78, 5) is 1.95. The van der Waals surface area contributed by atoms with Crippen LogP contribution in [-0.4, -0.2) is 30.4 Å². The minimum absolute atomic E-state index is 0.211. The molecule has 3 nitrogen and oxygen atoms in total. The van der Waals surface area contributed by atoms with E-state index in [1.54, 1.807) is 13.0 Å². The van der Waals surface area contributed by atoms with Crippen molar-refractivity contribution in [3.63, 3.8) is 0 Å². The molecule has 1 rings (SSSR count). The smallest absolute Gasteiger partial charge is 0.131 e. The number of aliphatic hydroxyl groups is 2. The third-order valence-corrected chi connectivity index (χ3v) is 3.01. The van der Waals surface area contributed by atoms with Crippen molar-refractivity contribution in [3.05, 3.63) is 29.6 Å². The highest BCUT2D eigenvalue weighted by atomic mass is 19.1. The molecule has 102 valence electrons. The maximum Gasteiger partial charge on any atom is 0.131 e. The summed E-state index contributed by atoms with van der Waals surface area (Å²) < 4.78 is 13.7. The van der Waals surface area contributed by atoms with Crippen LogP contribution in [0.4, 0.5) is 10.1 Å². The lowest BCUT2D eigenvalue weighted by Crippen LogP contribution is -2.21. The van der Waals surface area contributed by atoms with E-state index in [-0.39, 0.29) is 12.4 Å². The normalized spacial score (nSPS) is 12.5. The van der Waals surface area contributed by atoms with E-state index in [0.29, 0.717) is 5.56 Å². The maximum atomic E-state index is 13.7. The van der Waals surface area contributed by atoms with Crippen LogP contribution in [0, 0.1) is 5.82 Å². The van der Waals surface area contributed by atoms with E-state index in [0.717, 1.165) is 31.5 Å². The van der Waals surface area contributed by atoms with Crippen molar-refractivity contribution in [3.8, 4) is 0 Å². The fourth-order valence-electron chi connectivity index (χ4n) is 2.03. The second kappa shape index (κ2) is 7.34. The lowest BCUT2D eigenvalue weighted by molar-refractivity contribution is 0.194. The lowest BCUT2D eigenvalue weighted by Gasteiger charge is -2.24. The van der Waals surface area contributed by atoms with E-state index in [9.17, 15) is 9.50 Å². The SMILES string of the molecule is C[C@H](O)c1c(F)cccc1N(C)CCCCCO. The van der Waals surface area contributed by atoms with Crippen LogP contribution < -0.4 is 4.90 Å². The first-order valence-electron chi connectivity index (χ1n) is 6.36. The second-order valence-corrected chi connectivity index (χ2v) is 4.55. The molecule has 0 aromatic heterocycles. The average molecular weight is 255 g/mol. The van der Waals surface area contributed by atoms with Gasteiger partial charge < -0.3 is 15.1 Å². The Morgan fingerprint density at radius 3 is 2.61 bits per heavy atom. The van der Waals surface area contributed by atoms with Crippen LogP contribution in [0.3, 0.4) is 0 Å². The number of aliphatic hydroxyl groups excluding tert-OH is 2. The molecule has 0 aliphatic heterocycles. The van der Waals surface area contributed by atoms with Gasteiger partial charge in [0.2, 0.25) is 0 Å². The van der Waals surface area contributed by atoms with Gasteiger partial charge in [0.05, 0.1) is 6.10 Å². The first-order chi connectivity index (χ1) is 8.57. The molecule has 4 heteroatoms. The maximum absolute atomic E-state index is 13.7.